The lowest BCUT2D eigenvalue weighted by Gasteiger charge is -2.10. The lowest BCUT2D eigenvalue weighted by Crippen LogP contribution is -2.34. The van der Waals surface area contributed by atoms with Crippen LogP contribution in [0, 0.1) is 6.92 Å². The molecule has 0 radical (unpaired) electrons. The van der Waals surface area contributed by atoms with Crippen LogP contribution in [0.3, 0.4) is 0 Å². The van der Waals surface area contributed by atoms with Gasteiger partial charge in [0.1, 0.15) is 5.69 Å². The molecular weight excluding hydrogens is 244 g/mol. The Morgan fingerprint density at radius 3 is 3.00 bits per heavy atom. The summed E-state index contributed by atoms with van der Waals surface area (Å²) in [6.07, 6.45) is 1.63. The van der Waals surface area contributed by atoms with E-state index in [1.165, 1.54) is 0 Å². The van der Waals surface area contributed by atoms with Crippen molar-refractivity contribution in [3.8, 4) is 0 Å². The van der Waals surface area contributed by atoms with Gasteiger partial charge in [-0.15, -0.1) is 0 Å². The number of carbonyl (C=O) groups is 1. The van der Waals surface area contributed by atoms with Gasteiger partial charge in [-0.05, 0) is 25.5 Å². The largest absolute Gasteiger partial charge is 0.347 e. The second-order valence-corrected chi connectivity index (χ2v) is 3.85. The van der Waals surface area contributed by atoms with Gasteiger partial charge in [-0.25, -0.2) is 0 Å². The molecule has 0 aromatic carbocycles. The molecule has 1 unspecified atom stereocenters. The minimum Gasteiger partial charge on any atom is -0.347 e. The van der Waals surface area contributed by atoms with Crippen molar-refractivity contribution < 1.29 is 4.79 Å². The normalized spacial score (nSPS) is 12.2. The second kappa shape index (κ2) is 5.10. The summed E-state index contributed by atoms with van der Waals surface area (Å²) in [5.41, 5.74) is 1.40. The summed E-state index contributed by atoms with van der Waals surface area (Å²) in [7, 11) is 0. The molecule has 1 amide bonds. The van der Waals surface area contributed by atoms with Gasteiger partial charge in [-0.1, -0.05) is 22.0 Å². The molecule has 1 heterocycles. The SMILES string of the molecule is Cc1cccnc1C(=O)NC(C)CBr. The third-order valence-corrected chi connectivity index (χ3v) is 2.80. The number of amides is 1. The molecule has 0 spiro atoms. The molecule has 1 aromatic rings. The van der Waals surface area contributed by atoms with Crippen LogP contribution >= 0.6 is 15.9 Å². The Labute approximate surface area is 92.1 Å². The summed E-state index contributed by atoms with van der Waals surface area (Å²) in [5.74, 6) is -0.116. The second-order valence-electron chi connectivity index (χ2n) is 3.20. The molecule has 0 aliphatic carbocycles. The number of nitrogens with zero attached hydrogens (tertiary/aromatic N) is 1. The fraction of sp³-hybridized carbons (Fsp3) is 0.400. The highest BCUT2D eigenvalue weighted by Crippen LogP contribution is 2.03. The zero-order chi connectivity index (χ0) is 10.6. The number of carbonyl (C=O) groups excluding carboxylic acids is 1. The molecule has 76 valence electrons. The Morgan fingerprint density at radius 1 is 1.71 bits per heavy atom. The van der Waals surface area contributed by atoms with E-state index in [0.717, 1.165) is 10.9 Å². The van der Waals surface area contributed by atoms with Crippen LogP contribution < -0.4 is 5.32 Å². The van der Waals surface area contributed by atoms with E-state index in [1.807, 2.05) is 26.0 Å². The van der Waals surface area contributed by atoms with Crippen molar-refractivity contribution >= 4 is 21.8 Å². The zero-order valence-corrected chi connectivity index (χ0v) is 9.84. The Bertz CT molecular complexity index is 328. The summed E-state index contributed by atoms with van der Waals surface area (Å²) in [4.78, 5) is 15.7. The van der Waals surface area contributed by atoms with E-state index < -0.39 is 0 Å². The molecule has 1 atom stereocenters. The van der Waals surface area contributed by atoms with Crippen molar-refractivity contribution in [2.45, 2.75) is 19.9 Å². The Hall–Kier alpha value is -0.900. The highest BCUT2D eigenvalue weighted by Gasteiger charge is 2.11. The summed E-state index contributed by atoms with van der Waals surface area (Å²) in [5, 5.41) is 3.58. The maximum absolute atomic E-state index is 11.6. The van der Waals surface area contributed by atoms with E-state index in [1.54, 1.807) is 6.20 Å². The predicted octanol–water partition coefficient (Wildman–Crippen LogP) is 1.90. The van der Waals surface area contributed by atoms with Crippen molar-refractivity contribution in [2.75, 3.05) is 5.33 Å². The summed E-state index contributed by atoms with van der Waals surface area (Å²) in [6.45, 7) is 3.81. The number of hydrogen-bond acceptors (Lipinski definition) is 2. The van der Waals surface area contributed by atoms with E-state index in [2.05, 4.69) is 26.2 Å². The molecular formula is C10H13BrN2O. The van der Waals surface area contributed by atoms with Crippen LogP contribution in [0.15, 0.2) is 18.3 Å². The van der Waals surface area contributed by atoms with Crippen LogP contribution in [0.25, 0.3) is 0 Å². The van der Waals surface area contributed by atoms with Crippen molar-refractivity contribution in [1.29, 1.82) is 0 Å². The third-order valence-electron chi connectivity index (χ3n) is 1.83. The molecule has 0 bridgehead atoms. The highest BCUT2D eigenvalue weighted by molar-refractivity contribution is 9.09. The van der Waals surface area contributed by atoms with Crippen LogP contribution in [0.2, 0.25) is 0 Å². The standard InChI is InChI=1S/C10H13BrN2O/c1-7-4-3-5-12-9(7)10(14)13-8(2)6-11/h3-5,8H,6H2,1-2H3,(H,13,14). The summed E-state index contributed by atoms with van der Waals surface area (Å²) in [6, 6.07) is 3.81. The number of halogens is 1. The highest BCUT2D eigenvalue weighted by atomic mass is 79.9. The molecule has 0 saturated carbocycles. The van der Waals surface area contributed by atoms with E-state index in [0.29, 0.717) is 5.69 Å². The van der Waals surface area contributed by atoms with Gasteiger partial charge in [0.2, 0.25) is 0 Å². The first-order valence-electron chi connectivity index (χ1n) is 4.43. The number of aryl methyl sites for hydroxylation is 1. The quantitative estimate of drug-likeness (QED) is 0.840. The van der Waals surface area contributed by atoms with E-state index in [9.17, 15) is 4.79 Å². The molecule has 14 heavy (non-hydrogen) atoms. The van der Waals surface area contributed by atoms with Crippen LogP contribution in [0.1, 0.15) is 23.0 Å². The molecule has 4 heteroatoms. The zero-order valence-electron chi connectivity index (χ0n) is 8.25. The van der Waals surface area contributed by atoms with Crippen molar-refractivity contribution in [2.24, 2.45) is 0 Å². The number of pyridine rings is 1. The molecule has 1 aromatic heterocycles. The fourth-order valence-electron chi connectivity index (χ4n) is 1.05. The molecule has 0 saturated heterocycles. The third kappa shape index (κ3) is 2.80. The Morgan fingerprint density at radius 2 is 2.43 bits per heavy atom. The van der Waals surface area contributed by atoms with Gasteiger partial charge in [0.05, 0.1) is 0 Å². The van der Waals surface area contributed by atoms with Crippen molar-refractivity contribution in [1.82, 2.24) is 10.3 Å². The molecule has 0 aliphatic heterocycles. The monoisotopic (exact) mass is 256 g/mol. The van der Waals surface area contributed by atoms with Gasteiger partial charge in [0.25, 0.3) is 5.91 Å². The van der Waals surface area contributed by atoms with Gasteiger partial charge < -0.3 is 5.32 Å². The minimum absolute atomic E-state index is 0.115. The number of alkyl halides is 1. The van der Waals surface area contributed by atoms with Crippen molar-refractivity contribution in [3.05, 3.63) is 29.6 Å². The average molecular weight is 257 g/mol. The number of hydrogen-bond donors (Lipinski definition) is 1. The Balaban J connectivity index is 2.75. The lowest BCUT2D eigenvalue weighted by atomic mass is 10.2. The first-order valence-corrected chi connectivity index (χ1v) is 5.55. The molecule has 3 nitrogen and oxygen atoms in total. The minimum atomic E-state index is -0.116. The van der Waals surface area contributed by atoms with Crippen molar-refractivity contribution in [3.63, 3.8) is 0 Å². The number of aromatic nitrogens is 1. The van der Waals surface area contributed by atoms with Gasteiger partial charge in [-0.3, -0.25) is 9.78 Å². The lowest BCUT2D eigenvalue weighted by molar-refractivity contribution is 0.0938. The molecule has 0 aliphatic rings. The summed E-state index contributed by atoms with van der Waals surface area (Å²) >= 11 is 3.30. The van der Waals surface area contributed by atoms with Gasteiger partial charge in [0.15, 0.2) is 0 Å². The average Bonchev–Trinajstić information content (AvgIpc) is 2.18. The molecule has 1 N–H and O–H groups in total. The smallest absolute Gasteiger partial charge is 0.270 e. The Kier molecular flexibility index (Phi) is 4.07. The topological polar surface area (TPSA) is 42.0 Å². The van der Waals surface area contributed by atoms with Gasteiger partial charge in [0, 0.05) is 17.6 Å². The maximum Gasteiger partial charge on any atom is 0.270 e. The van der Waals surface area contributed by atoms with Crippen LogP contribution in [0.4, 0.5) is 0 Å². The first-order chi connectivity index (χ1) is 6.65. The van der Waals surface area contributed by atoms with Crippen LogP contribution in [-0.2, 0) is 0 Å². The number of rotatable bonds is 3. The van der Waals surface area contributed by atoms with E-state index >= 15 is 0 Å². The fourth-order valence-corrected chi connectivity index (χ4v) is 1.22. The first kappa shape index (κ1) is 11.2. The molecule has 1 rings (SSSR count). The predicted molar refractivity (Wildman–Crippen MR) is 59.7 cm³/mol. The summed E-state index contributed by atoms with van der Waals surface area (Å²) < 4.78 is 0. The van der Waals surface area contributed by atoms with Crippen LogP contribution in [-0.4, -0.2) is 22.3 Å². The number of nitrogens with one attached hydrogen (secondary N) is 1. The van der Waals surface area contributed by atoms with E-state index in [-0.39, 0.29) is 11.9 Å². The van der Waals surface area contributed by atoms with E-state index in [4.69, 9.17) is 0 Å². The van der Waals surface area contributed by atoms with Gasteiger partial charge in [-0.2, -0.15) is 0 Å². The van der Waals surface area contributed by atoms with Gasteiger partial charge >= 0.3 is 0 Å². The maximum atomic E-state index is 11.6. The van der Waals surface area contributed by atoms with Crippen LogP contribution in [0.5, 0.6) is 0 Å². The molecule has 0 fully saturated rings.